The van der Waals surface area contributed by atoms with E-state index in [0.717, 1.165) is 11.1 Å². The van der Waals surface area contributed by atoms with Crippen LogP contribution in [0.2, 0.25) is 0 Å². The molecule has 4 heteroatoms. The van der Waals surface area contributed by atoms with Crippen molar-refractivity contribution in [3.63, 3.8) is 0 Å². The molecule has 0 bridgehead atoms. The quantitative estimate of drug-likeness (QED) is 0.492. The summed E-state index contributed by atoms with van der Waals surface area (Å²) >= 11 is 0. The Morgan fingerprint density at radius 1 is 1.08 bits per heavy atom. The third-order valence-electron chi connectivity index (χ3n) is 3.48. The van der Waals surface area contributed by atoms with Crippen molar-refractivity contribution in [1.29, 1.82) is 0 Å². The molecule has 0 spiro atoms. The Morgan fingerprint density at radius 3 is 2.67 bits per heavy atom. The lowest BCUT2D eigenvalue weighted by atomic mass is 10.1. The third-order valence-corrected chi connectivity index (χ3v) is 3.48. The molecule has 0 atom stereocenters. The van der Waals surface area contributed by atoms with E-state index in [-0.39, 0.29) is 12.6 Å². The van der Waals surface area contributed by atoms with E-state index in [0.29, 0.717) is 25.2 Å². The van der Waals surface area contributed by atoms with E-state index in [2.05, 4.69) is 11.8 Å². The Bertz CT molecular complexity index is 737. The second kappa shape index (κ2) is 8.30. The number of carbonyl (C=O) groups excluding carboxylic acids is 1. The molecule has 0 amide bonds. The Labute approximate surface area is 141 Å². The second-order valence-corrected chi connectivity index (χ2v) is 5.25. The number of carbonyl (C=O) groups is 1. The van der Waals surface area contributed by atoms with E-state index in [9.17, 15) is 4.79 Å². The Hall–Kier alpha value is -2.61. The van der Waals surface area contributed by atoms with Gasteiger partial charge in [-0.1, -0.05) is 42.2 Å². The third kappa shape index (κ3) is 4.45. The van der Waals surface area contributed by atoms with Crippen LogP contribution in [-0.2, 0) is 14.2 Å². The van der Waals surface area contributed by atoms with Crippen LogP contribution in [0.25, 0.3) is 0 Å². The van der Waals surface area contributed by atoms with Crippen LogP contribution in [-0.4, -0.2) is 25.8 Å². The lowest BCUT2D eigenvalue weighted by Crippen LogP contribution is -2.07. The predicted octanol–water partition coefficient (Wildman–Crippen LogP) is 3.33. The summed E-state index contributed by atoms with van der Waals surface area (Å²) in [7, 11) is 0. The largest absolute Gasteiger partial charge is 0.461 e. The second-order valence-electron chi connectivity index (χ2n) is 5.25. The zero-order valence-corrected chi connectivity index (χ0v) is 13.2. The highest BCUT2D eigenvalue weighted by Crippen LogP contribution is 2.23. The minimum Gasteiger partial charge on any atom is -0.461 e. The summed E-state index contributed by atoms with van der Waals surface area (Å²) in [5.74, 6) is 5.66. The van der Waals surface area contributed by atoms with Gasteiger partial charge in [-0.05, 0) is 24.3 Å². The highest BCUT2D eigenvalue weighted by atomic mass is 16.7. The van der Waals surface area contributed by atoms with E-state index in [1.165, 1.54) is 0 Å². The number of esters is 1. The van der Waals surface area contributed by atoms with Crippen LogP contribution in [0.3, 0.4) is 0 Å². The summed E-state index contributed by atoms with van der Waals surface area (Å²) in [5.41, 5.74) is 2.27. The molecule has 0 radical (unpaired) electrons. The van der Waals surface area contributed by atoms with Crippen molar-refractivity contribution in [2.75, 3.05) is 19.8 Å². The lowest BCUT2D eigenvalue weighted by Gasteiger charge is -2.10. The molecule has 24 heavy (non-hydrogen) atoms. The zero-order valence-electron chi connectivity index (χ0n) is 13.2. The fourth-order valence-corrected chi connectivity index (χ4v) is 2.33. The first-order chi connectivity index (χ1) is 11.8. The number of rotatable bonds is 4. The van der Waals surface area contributed by atoms with E-state index < -0.39 is 6.29 Å². The molecule has 1 aliphatic heterocycles. The number of ether oxygens (including phenoxy) is 3. The van der Waals surface area contributed by atoms with Gasteiger partial charge in [0, 0.05) is 17.5 Å². The van der Waals surface area contributed by atoms with Crippen LogP contribution in [0, 0.1) is 11.8 Å². The van der Waals surface area contributed by atoms with Gasteiger partial charge in [-0.2, -0.15) is 0 Å². The molecule has 0 aliphatic carbocycles. The van der Waals surface area contributed by atoms with E-state index in [1.54, 1.807) is 18.2 Å². The molecule has 1 aliphatic rings. The minimum atomic E-state index is -0.394. The van der Waals surface area contributed by atoms with E-state index in [1.807, 2.05) is 36.4 Å². The first-order valence-electron chi connectivity index (χ1n) is 7.87. The van der Waals surface area contributed by atoms with Crippen molar-refractivity contribution in [3.05, 3.63) is 71.3 Å². The summed E-state index contributed by atoms with van der Waals surface area (Å²) in [6.07, 6.45) is 0.101. The molecule has 2 aromatic carbocycles. The van der Waals surface area contributed by atoms with Gasteiger partial charge in [0.25, 0.3) is 0 Å². The Kier molecular flexibility index (Phi) is 5.62. The van der Waals surface area contributed by atoms with E-state index in [4.69, 9.17) is 14.2 Å². The molecule has 0 saturated carbocycles. The van der Waals surface area contributed by atoms with E-state index >= 15 is 0 Å². The highest BCUT2D eigenvalue weighted by Gasteiger charge is 2.19. The van der Waals surface area contributed by atoms with Crippen LogP contribution in [0.1, 0.15) is 34.2 Å². The zero-order chi connectivity index (χ0) is 16.6. The van der Waals surface area contributed by atoms with Crippen LogP contribution < -0.4 is 0 Å². The Morgan fingerprint density at radius 2 is 1.88 bits per heavy atom. The summed E-state index contributed by atoms with van der Waals surface area (Å²) in [6.45, 7) is 1.40. The lowest BCUT2D eigenvalue weighted by molar-refractivity contribution is -0.0441. The van der Waals surface area contributed by atoms with Gasteiger partial charge >= 0.3 is 5.97 Å². The van der Waals surface area contributed by atoms with Gasteiger partial charge in [-0.15, -0.1) is 0 Å². The fraction of sp³-hybridized carbons (Fsp3) is 0.250. The maximum absolute atomic E-state index is 12.1. The molecule has 4 nitrogen and oxygen atoms in total. The van der Waals surface area contributed by atoms with Crippen LogP contribution in [0.15, 0.2) is 54.6 Å². The van der Waals surface area contributed by atoms with Gasteiger partial charge in [0.2, 0.25) is 0 Å². The van der Waals surface area contributed by atoms with Crippen molar-refractivity contribution >= 4 is 5.97 Å². The van der Waals surface area contributed by atoms with Crippen LogP contribution in [0.5, 0.6) is 0 Å². The first kappa shape index (κ1) is 16.3. The molecular formula is C20H18O4. The summed E-state index contributed by atoms with van der Waals surface area (Å²) in [5, 5.41) is 0. The van der Waals surface area contributed by atoms with Crippen molar-refractivity contribution in [3.8, 4) is 11.8 Å². The smallest absolute Gasteiger partial charge is 0.338 e. The maximum atomic E-state index is 12.1. The minimum absolute atomic E-state index is 0.263. The molecule has 1 heterocycles. The van der Waals surface area contributed by atoms with Crippen LogP contribution in [0.4, 0.5) is 0 Å². The van der Waals surface area contributed by atoms with Gasteiger partial charge in [-0.25, -0.2) is 4.79 Å². The predicted molar refractivity (Wildman–Crippen MR) is 89.3 cm³/mol. The fourth-order valence-electron chi connectivity index (χ4n) is 2.33. The normalized spacial score (nSPS) is 14.0. The molecule has 1 fully saturated rings. The molecule has 0 N–H and O–H groups in total. The van der Waals surface area contributed by atoms with Crippen molar-refractivity contribution in [1.82, 2.24) is 0 Å². The monoisotopic (exact) mass is 322 g/mol. The topological polar surface area (TPSA) is 44.8 Å². The number of hydrogen-bond donors (Lipinski definition) is 0. The number of benzene rings is 2. The number of hydrogen-bond acceptors (Lipinski definition) is 4. The molecule has 0 unspecified atom stereocenters. The van der Waals surface area contributed by atoms with Gasteiger partial charge < -0.3 is 14.2 Å². The summed E-state index contributed by atoms with van der Waals surface area (Å²) in [6, 6.07) is 16.8. The molecular weight excluding hydrogens is 304 g/mol. The first-order valence-corrected chi connectivity index (χ1v) is 7.87. The van der Waals surface area contributed by atoms with Crippen LogP contribution >= 0.6 is 0 Å². The maximum Gasteiger partial charge on any atom is 0.338 e. The molecule has 3 rings (SSSR count). The summed E-state index contributed by atoms with van der Waals surface area (Å²) < 4.78 is 16.1. The SMILES string of the molecule is O=C(OCCC#Cc1ccccc1)c1cccc(C2OCCO2)c1. The highest BCUT2D eigenvalue weighted by molar-refractivity contribution is 5.89. The average Bonchev–Trinajstić information content (AvgIpc) is 3.17. The van der Waals surface area contributed by atoms with Crippen molar-refractivity contribution < 1.29 is 19.0 Å². The van der Waals surface area contributed by atoms with Gasteiger partial charge in [0.1, 0.15) is 6.61 Å². The molecule has 1 saturated heterocycles. The molecule has 2 aromatic rings. The standard InChI is InChI=1S/C20H18O4/c21-19(22-12-5-4-9-16-7-2-1-3-8-16)17-10-6-11-18(15-17)20-23-13-14-24-20/h1-3,6-8,10-11,15,20H,5,12-14H2. The van der Waals surface area contributed by atoms with Crippen molar-refractivity contribution in [2.24, 2.45) is 0 Å². The van der Waals surface area contributed by atoms with Gasteiger partial charge in [0.15, 0.2) is 6.29 Å². The average molecular weight is 322 g/mol. The van der Waals surface area contributed by atoms with Crippen molar-refractivity contribution in [2.45, 2.75) is 12.7 Å². The molecule has 0 aromatic heterocycles. The molecule has 122 valence electrons. The summed E-state index contributed by atoms with van der Waals surface area (Å²) in [4.78, 5) is 12.1. The van der Waals surface area contributed by atoms with Gasteiger partial charge in [0.05, 0.1) is 18.8 Å². The Balaban J connectivity index is 1.50. The van der Waals surface area contributed by atoms with Gasteiger partial charge in [-0.3, -0.25) is 0 Å².